The number of carbonyl (C=O) groups is 3. The Bertz CT molecular complexity index is 1360. The summed E-state index contributed by atoms with van der Waals surface area (Å²) in [7, 11) is 1.74. The molecule has 6 rings (SSSR count). The molecule has 2 amide bonds. The SMILES string of the molecule is Cn1ncc(COc2ccc(Cl)c3c2C(CN2CC4(CC4)CC2=O)N(C(=O)[C@@H]2CCCC[C@]2(C)C(=O)O)CC3)n1. The number of aryl methyl sites for hydroxylation is 1. The standard InChI is InChI=1S/C29H36ClN5O5/c1-28(27(38)39)9-4-3-5-20(28)26(37)35-12-8-19-21(30)6-7-23(40-16-18-14-31-33(2)32-18)25(19)22(35)15-34-17-29(10-11-29)13-24(34)36/h6-7,14,20,22H,3-5,8-13,15-17H2,1-2H3,(H,38,39)/t20-,22?,28-/m0/s1. The van der Waals surface area contributed by atoms with Gasteiger partial charge in [0.25, 0.3) is 0 Å². The van der Waals surface area contributed by atoms with Crippen molar-refractivity contribution in [3.63, 3.8) is 0 Å². The van der Waals surface area contributed by atoms with Crippen LogP contribution < -0.4 is 4.74 Å². The topological polar surface area (TPSA) is 118 Å². The number of halogens is 1. The van der Waals surface area contributed by atoms with Crippen molar-refractivity contribution in [3.8, 4) is 5.75 Å². The third kappa shape index (κ3) is 4.74. The summed E-state index contributed by atoms with van der Waals surface area (Å²) in [6, 6.07) is 3.13. The van der Waals surface area contributed by atoms with E-state index in [1.165, 1.54) is 4.80 Å². The third-order valence-electron chi connectivity index (χ3n) is 9.63. The van der Waals surface area contributed by atoms with Crippen LogP contribution in [0.25, 0.3) is 0 Å². The normalized spacial score (nSPS) is 27.1. The molecule has 40 heavy (non-hydrogen) atoms. The minimum absolute atomic E-state index is 0.0777. The predicted octanol–water partition coefficient (Wildman–Crippen LogP) is 3.77. The predicted molar refractivity (Wildman–Crippen MR) is 146 cm³/mol. The zero-order valence-corrected chi connectivity index (χ0v) is 23.8. The number of aliphatic carboxylic acids is 1. The molecule has 3 atom stereocenters. The number of fused-ring (bicyclic) bond motifs is 1. The number of hydrogen-bond donors (Lipinski definition) is 1. The largest absolute Gasteiger partial charge is 0.487 e. The van der Waals surface area contributed by atoms with Crippen molar-refractivity contribution in [3.05, 3.63) is 40.2 Å². The molecular formula is C29H36ClN5O5. The first-order valence-electron chi connectivity index (χ1n) is 14.2. The van der Waals surface area contributed by atoms with E-state index < -0.39 is 23.3 Å². The highest BCUT2D eigenvalue weighted by Crippen LogP contribution is 2.54. The molecule has 2 saturated carbocycles. The van der Waals surface area contributed by atoms with E-state index in [-0.39, 0.29) is 23.8 Å². The van der Waals surface area contributed by atoms with E-state index >= 15 is 0 Å². The first-order chi connectivity index (χ1) is 19.1. The Hall–Kier alpha value is -3.14. The highest BCUT2D eigenvalue weighted by molar-refractivity contribution is 6.31. The molecule has 1 unspecified atom stereocenters. The smallest absolute Gasteiger partial charge is 0.310 e. The second-order valence-electron chi connectivity index (χ2n) is 12.3. The maximum atomic E-state index is 14.3. The zero-order valence-electron chi connectivity index (χ0n) is 23.1. The fourth-order valence-electron chi connectivity index (χ4n) is 7.02. The van der Waals surface area contributed by atoms with Crippen LogP contribution in [0.5, 0.6) is 5.75 Å². The lowest BCUT2D eigenvalue weighted by molar-refractivity contribution is -0.162. The Labute approximate surface area is 238 Å². The van der Waals surface area contributed by atoms with Crippen molar-refractivity contribution < 1.29 is 24.2 Å². The Kier molecular flexibility index (Phi) is 6.79. The van der Waals surface area contributed by atoms with Gasteiger partial charge in [-0.1, -0.05) is 24.4 Å². The molecule has 1 N–H and O–H groups in total. The first-order valence-corrected chi connectivity index (χ1v) is 14.6. The first kappa shape index (κ1) is 27.1. The fourth-order valence-corrected chi connectivity index (χ4v) is 7.28. The molecule has 2 aromatic rings. The minimum Gasteiger partial charge on any atom is -0.487 e. The lowest BCUT2D eigenvalue weighted by Gasteiger charge is -2.45. The van der Waals surface area contributed by atoms with Crippen LogP contribution in [0.2, 0.25) is 5.02 Å². The Morgan fingerprint density at radius 3 is 2.70 bits per heavy atom. The van der Waals surface area contributed by atoms with Gasteiger partial charge < -0.3 is 19.6 Å². The van der Waals surface area contributed by atoms with Crippen LogP contribution in [0.1, 0.15) is 74.7 Å². The van der Waals surface area contributed by atoms with Gasteiger partial charge in [-0.2, -0.15) is 15.0 Å². The quantitative estimate of drug-likeness (QED) is 0.539. The number of hydrogen-bond acceptors (Lipinski definition) is 6. The average molecular weight is 570 g/mol. The number of amides is 2. The zero-order chi connectivity index (χ0) is 28.2. The van der Waals surface area contributed by atoms with E-state index in [1.807, 2.05) is 21.9 Å². The number of nitrogens with zero attached hydrogens (tertiary/aromatic N) is 5. The molecule has 214 valence electrons. The van der Waals surface area contributed by atoms with Gasteiger partial charge in [0.1, 0.15) is 18.1 Å². The lowest BCUT2D eigenvalue weighted by Crippen LogP contribution is -2.52. The van der Waals surface area contributed by atoms with Gasteiger partial charge in [-0.15, -0.1) is 0 Å². The number of rotatable bonds is 7. The average Bonchev–Trinajstić information content (AvgIpc) is 3.42. The Balaban J connectivity index is 1.38. The van der Waals surface area contributed by atoms with Gasteiger partial charge in [0.05, 0.1) is 23.6 Å². The summed E-state index contributed by atoms with van der Waals surface area (Å²) < 4.78 is 6.28. The molecule has 1 spiro atoms. The summed E-state index contributed by atoms with van der Waals surface area (Å²) in [6.07, 6.45) is 7.43. The summed E-state index contributed by atoms with van der Waals surface area (Å²) in [5.74, 6) is -1.03. The molecular weight excluding hydrogens is 534 g/mol. The molecule has 0 radical (unpaired) electrons. The maximum absolute atomic E-state index is 14.3. The van der Waals surface area contributed by atoms with Crippen molar-refractivity contribution >= 4 is 29.4 Å². The van der Waals surface area contributed by atoms with Gasteiger partial charge in [0.2, 0.25) is 11.8 Å². The van der Waals surface area contributed by atoms with Crippen LogP contribution in [0.15, 0.2) is 18.3 Å². The Morgan fingerprint density at radius 2 is 2.02 bits per heavy atom. The monoisotopic (exact) mass is 569 g/mol. The second kappa shape index (κ2) is 10.0. The van der Waals surface area contributed by atoms with Crippen molar-refractivity contribution in [2.75, 3.05) is 19.6 Å². The summed E-state index contributed by atoms with van der Waals surface area (Å²) >= 11 is 6.72. The minimum atomic E-state index is -1.12. The van der Waals surface area contributed by atoms with Crippen molar-refractivity contribution in [2.45, 2.75) is 70.9 Å². The van der Waals surface area contributed by atoms with Gasteiger partial charge in [0.15, 0.2) is 0 Å². The van der Waals surface area contributed by atoms with Crippen molar-refractivity contribution in [2.24, 2.45) is 23.8 Å². The van der Waals surface area contributed by atoms with Gasteiger partial charge in [0, 0.05) is 43.7 Å². The van der Waals surface area contributed by atoms with Crippen LogP contribution in [0.3, 0.4) is 0 Å². The number of carbonyl (C=O) groups excluding carboxylic acids is 2. The van der Waals surface area contributed by atoms with E-state index in [0.29, 0.717) is 61.8 Å². The van der Waals surface area contributed by atoms with Crippen molar-refractivity contribution in [1.29, 1.82) is 0 Å². The summed E-state index contributed by atoms with van der Waals surface area (Å²) in [5, 5.41) is 19.2. The molecule has 2 aliphatic heterocycles. The summed E-state index contributed by atoms with van der Waals surface area (Å²) in [5.41, 5.74) is 1.32. The van der Waals surface area contributed by atoms with E-state index in [0.717, 1.165) is 36.8 Å². The van der Waals surface area contributed by atoms with Crippen LogP contribution in [0.4, 0.5) is 0 Å². The summed E-state index contributed by atoms with van der Waals surface area (Å²) in [6.45, 7) is 3.32. The summed E-state index contributed by atoms with van der Waals surface area (Å²) in [4.78, 5) is 45.0. The fraction of sp³-hybridized carbons (Fsp3) is 0.621. The van der Waals surface area contributed by atoms with Gasteiger partial charge in [-0.25, -0.2) is 0 Å². The molecule has 1 saturated heterocycles. The highest BCUT2D eigenvalue weighted by atomic mass is 35.5. The van der Waals surface area contributed by atoms with E-state index in [2.05, 4.69) is 10.2 Å². The molecule has 4 aliphatic rings. The van der Waals surface area contributed by atoms with Crippen LogP contribution in [0, 0.1) is 16.7 Å². The Morgan fingerprint density at radius 1 is 1.23 bits per heavy atom. The molecule has 0 bridgehead atoms. The van der Waals surface area contributed by atoms with Gasteiger partial charge in [-0.05, 0) is 62.1 Å². The number of ether oxygens (including phenoxy) is 1. The second-order valence-corrected chi connectivity index (χ2v) is 12.7. The van der Waals surface area contributed by atoms with Crippen LogP contribution in [-0.4, -0.2) is 67.3 Å². The number of likely N-dealkylation sites (tertiary alicyclic amines) is 1. The molecule has 1 aromatic heterocycles. The maximum Gasteiger partial charge on any atom is 0.310 e. The van der Waals surface area contributed by atoms with Gasteiger partial charge >= 0.3 is 5.97 Å². The highest BCUT2D eigenvalue weighted by Gasteiger charge is 2.53. The van der Waals surface area contributed by atoms with E-state index in [4.69, 9.17) is 16.3 Å². The van der Waals surface area contributed by atoms with Gasteiger partial charge in [-0.3, -0.25) is 14.4 Å². The number of carboxylic acid groups (broad SMARTS) is 1. The number of aromatic nitrogens is 3. The number of carboxylic acids is 1. The van der Waals surface area contributed by atoms with E-state index in [9.17, 15) is 19.5 Å². The number of benzene rings is 1. The van der Waals surface area contributed by atoms with Crippen LogP contribution in [-0.2, 0) is 34.5 Å². The third-order valence-corrected chi connectivity index (χ3v) is 9.98. The molecule has 3 heterocycles. The molecule has 10 nitrogen and oxygen atoms in total. The molecule has 2 aliphatic carbocycles. The lowest BCUT2D eigenvalue weighted by atomic mass is 9.66. The molecule has 3 fully saturated rings. The molecule has 11 heteroatoms. The van der Waals surface area contributed by atoms with Crippen molar-refractivity contribution in [1.82, 2.24) is 24.8 Å². The van der Waals surface area contributed by atoms with E-state index in [1.54, 1.807) is 20.2 Å². The molecule has 1 aromatic carbocycles. The van der Waals surface area contributed by atoms with Crippen LogP contribution >= 0.6 is 11.6 Å².